The van der Waals surface area contributed by atoms with Gasteiger partial charge in [0.05, 0.1) is 22.2 Å². The summed E-state index contributed by atoms with van der Waals surface area (Å²) in [6, 6.07) is 11.2. The molecule has 0 bridgehead atoms. The molecule has 0 atom stereocenters. The molecule has 3 heterocycles. The number of halogens is 1. The zero-order valence-electron chi connectivity index (χ0n) is 14.0. The molecule has 2 aromatic heterocycles. The number of thiophene rings is 1. The van der Waals surface area contributed by atoms with Crippen LogP contribution in [-0.2, 0) is 6.42 Å². The van der Waals surface area contributed by atoms with Crippen molar-refractivity contribution < 1.29 is 14.1 Å². The van der Waals surface area contributed by atoms with Crippen molar-refractivity contribution in [2.24, 2.45) is 0 Å². The summed E-state index contributed by atoms with van der Waals surface area (Å²) >= 11 is 7.18. The van der Waals surface area contributed by atoms with Crippen LogP contribution in [0.4, 0.5) is 0 Å². The third kappa shape index (κ3) is 3.32. The molecule has 0 unspecified atom stereocenters. The first-order chi connectivity index (χ1) is 12.6. The van der Waals surface area contributed by atoms with Crippen LogP contribution in [0, 0.1) is 0 Å². The van der Waals surface area contributed by atoms with E-state index in [0.29, 0.717) is 40.4 Å². The predicted molar refractivity (Wildman–Crippen MR) is 98.1 cm³/mol. The van der Waals surface area contributed by atoms with E-state index < -0.39 is 0 Å². The van der Waals surface area contributed by atoms with Crippen molar-refractivity contribution in [3.05, 3.63) is 62.9 Å². The van der Waals surface area contributed by atoms with Crippen LogP contribution in [-0.4, -0.2) is 41.1 Å². The van der Waals surface area contributed by atoms with E-state index in [-0.39, 0.29) is 11.8 Å². The maximum Gasteiger partial charge on any atom is 0.264 e. The molecule has 134 valence electrons. The molecule has 3 aromatic rings. The van der Waals surface area contributed by atoms with E-state index in [2.05, 4.69) is 10.1 Å². The third-order valence-electron chi connectivity index (χ3n) is 4.33. The fourth-order valence-electron chi connectivity index (χ4n) is 2.91. The minimum Gasteiger partial charge on any atom is -0.496 e. The average molecular weight is 390 g/mol. The van der Waals surface area contributed by atoms with Crippen molar-refractivity contribution in [3.63, 3.8) is 0 Å². The summed E-state index contributed by atoms with van der Waals surface area (Å²) in [6.07, 6.45) is 0.538. The Morgan fingerprint density at radius 3 is 2.88 bits per heavy atom. The van der Waals surface area contributed by atoms with Crippen molar-refractivity contribution in [3.8, 4) is 5.75 Å². The van der Waals surface area contributed by atoms with Gasteiger partial charge in [0.25, 0.3) is 5.91 Å². The molecule has 1 amide bonds. The molecule has 8 heteroatoms. The second-order valence-electron chi connectivity index (χ2n) is 6.05. The number of para-hydroxylation sites is 1. The lowest BCUT2D eigenvalue weighted by Gasteiger charge is -2.36. The largest absolute Gasteiger partial charge is 0.496 e. The van der Waals surface area contributed by atoms with Gasteiger partial charge in [-0.3, -0.25) is 4.79 Å². The lowest BCUT2D eigenvalue weighted by Crippen LogP contribution is -2.48. The smallest absolute Gasteiger partial charge is 0.264 e. The average Bonchev–Trinajstić information content (AvgIpc) is 3.23. The fourth-order valence-corrected chi connectivity index (χ4v) is 3.92. The predicted octanol–water partition coefficient (Wildman–Crippen LogP) is 3.62. The number of amides is 1. The molecule has 0 spiro atoms. The van der Waals surface area contributed by atoms with Crippen LogP contribution in [0.5, 0.6) is 5.75 Å². The molecule has 1 saturated heterocycles. The minimum absolute atomic E-state index is 0.00749. The van der Waals surface area contributed by atoms with Crippen LogP contribution in [0.3, 0.4) is 0 Å². The fraction of sp³-hybridized carbons (Fsp3) is 0.278. The summed E-state index contributed by atoms with van der Waals surface area (Å²) in [5.74, 6) is 2.05. The van der Waals surface area contributed by atoms with E-state index >= 15 is 0 Å². The van der Waals surface area contributed by atoms with Gasteiger partial charge >= 0.3 is 0 Å². The molecule has 26 heavy (non-hydrogen) atoms. The summed E-state index contributed by atoms with van der Waals surface area (Å²) < 4.78 is 11.4. The third-order valence-corrected chi connectivity index (χ3v) is 5.55. The van der Waals surface area contributed by atoms with E-state index in [0.717, 1.165) is 11.3 Å². The molecule has 0 aliphatic carbocycles. The molecular weight excluding hydrogens is 374 g/mol. The first-order valence-electron chi connectivity index (χ1n) is 8.13. The lowest BCUT2D eigenvalue weighted by molar-refractivity contribution is 0.0574. The number of carbonyl (C=O) groups is 1. The zero-order chi connectivity index (χ0) is 18.1. The van der Waals surface area contributed by atoms with Crippen LogP contribution in [0.15, 0.2) is 40.9 Å². The van der Waals surface area contributed by atoms with E-state index in [1.807, 2.05) is 24.3 Å². The number of likely N-dealkylation sites (tertiary alicyclic amines) is 1. The second-order valence-corrected chi connectivity index (χ2v) is 7.76. The van der Waals surface area contributed by atoms with Gasteiger partial charge in [0.2, 0.25) is 5.89 Å². The van der Waals surface area contributed by atoms with Gasteiger partial charge in [-0.1, -0.05) is 35.0 Å². The number of nitrogens with zero attached hydrogens (tertiary/aromatic N) is 3. The molecule has 1 aromatic carbocycles. The van der Waals surface area contributed by atoms with E-state index in [1.165, 1.54) is 11.3 Å². The zero-order valence-corrected chi connectivity index (χ0v) is 15.6. The Morgan fingerprint density at radius 2 is 2.15 bits per heavy atom. The summed E-state index contributed by atoms with van der Waals surface area (Å²) in [5, 5.41) is 4.06. The Kier molecular flexibility index (Phi) is 4.65. The number of methoxy groups -OCH3 is 1. The molecular formula is C18H16ClN3O3S. The molecule has 0 N–H and O–H groups in total. The number of rotatable bonds is 5. The number of carbonyl (C=O) groups excluding carboxylic acids is 1. The molecule has 1 aliphatic rings. The molecule has 4 rings (SSSR count). The summed E-state index contributed by atoms with van der Waals surface area (Å²) in [6.45, 7) is 1.15. The summed E-state index contributed by atoms with van der Waals surface area (Å²) in [4.78, 5) is 19.2. The van der Waals surface area contributed by atoms with Gasteiger partial charge in [0, 0.05) is 25.1 Å². The van der Waals surface area contributed by atoms with Gasteiger partial charge in [0.1, 0.15) is 5.75 Å². The molecule has 0 saturated carbocycles. The second kappa shape index (κ2) is 7.09. The number of benzene rings is 1. The number of hydrogen-bond donors (Lipinski definition) is 0. The number of ether oxygens (including phenoxy) is 1. The van der Waals surface area contributed by atoms with Crippen molar-refractivity contribution in [1.29, 1.82) is 0 Å². The standard InChI is InChI=1S/C18H16ClN3O3S/c1-24-13-5-3-2-4-11(13)8-16-20-17(25-21-16)12-9-22(10-12)18(23)14-6-7-15(19)26-14/h2-7,12H,8-10H2,1H3. The molecule has 0 radical (unpaired) electrons. The van der Waals surface area contributed by atoms with Crippen LogP contribution in [0.1, 0.15) is 32.9 Å². The Labute approximate surface area is 159 Å². The van der Waals surface area contributed by atoms with Crippen molar-refractivity contribution in [1.82, 2.24) is 15.0 Å². The highest BCUT2D eigenvalue weighted by Gasteiger charge is 2.36. The Bertz CT molecular complexity index is 933. The lowest BCUT2D eigenvalue weighted by atomic mass is 10.00. The molecule has 1 aliphatic heterocycles. The van der Waals surface area contributed by atoms with Gasteiger partial charge in [-0.25, -0.2) is 0 Å². The first kappa shape index (κ1) is 17.1. The van der Waals surface area contributed by atoms with Gasteiger partial charge < -0.3 is 14.2 Å². The SMILES string of the molecule is COc1ccccc1Cc1noc(C2CN(C(=O)c3ccc(Cl)s3)C2)n1. The van der Waals surface area contributed by atoms with Gasteiger partial charge in [-0.2, -0.15) is 4.98 Å². The quantitative estimate of drug-likeness (QED) is 0.666. The number of hydrogen-bond acceptors (Lipinski definition) is 6. The minimum atomic E-state index is -0.00749. The number of aromatic nitrogens is 2. The van der Waals surface area contributed by atoms with Crippen molar-refractivity contribution >= 4 is 28.8 Å². The monoisotopic (exact) mass is 389 g/mol. The first-order valence-corrected chi connectivity index (χ1v) is 9.32. The summed E-state index contributed by atoms with van der Waals surface area (Å²) in [5.41, 5.74) is 1.00. The van der Waals surface area contributed by atoms with Crippen LogP contribution in [0.2, 0.25) is 4.34 Å². The van der Waals surface area contributed by atoms with E-state index in [9.17, 15) is 4.79 Å². The van der Waals surface area contributed by atoms with Crippen molar-refractivity contribution in [2.75, 3.05) is 20.2 Å². The Morgan fingerprint density at radius 1 is 1.35 bits per heavy atom. The van der Waals surface area contributed by atoms with Crippen LogP contribution >= 0.6 is 22.9 Å². The van der Waals surface area contributed by atoms with E-state index in [1.54, 1.807) is 24.1 Å². The van der Waals surface area contributed by atoms with Gasteiger partial charge in [-0.15, -0.1) is 11.3 Å². The highest BCUT2D eigenvalue weighted by Crippen LogP contribution is 2.30. The maximum atomic E-state index is 12.3. The van der Waals surface area contributed by atoms with Crippen LogP contribution < -0.4 is 4.74 Å². The highest BCUT2D eigenvalue weighted by atomic mass is 35.5. The van der Waals surface area contributed by atoms with Gasteiger partial charge in [0.15, 0.2) is 5.82 Å². The van der Waals surface area contributed by atoms with E-state index in [4.69, 9.17) is 20.9 Å². The molecule has 1 fully saturated rings. The molecule has 6 nitrogen and oxygen atoms in total. The maximum absolute atomic E-state index is 12.3. The Hall–Kier alpha value is -2.38. The normalized spacial score (nSPS) is 14.3. The highest BCUT2D eigenvalue weighted by molar-refractivity contribution is 7.17. The summed E-state index contributed by atoms with van der Waals surface area (Å²) in [7, 11) is 1.64. The Balaban J connectivity index is 1.38. The topological polar surface area (TPSA) is 68.5 Å². The van der Waals surface area contributed by atoms with Crippen LogP contribution in [0.25, 0.3) is 0 Å². The van der Waals surface area contributed by atoms with Gasteiger partial charge in [-0.05, 0) is 18.2 Å². The van der Waals surface area contributed by atoms with Crippen molar-refractivity contribution in [2.45, 2.75) is 12.3 Å².